The van der Waals surface area contributed by atoms with E-state index in [1.807, 2.05) is 59.9 Å². The Morgan fingerprint density at radius 3 is 2.52 bits per heavy atom. The first-order chi connectivity index (χ1) is 15.0. The van der Waals surface area contributed by atoms with Crippen molar-refractivity contribution in [1.29, 1.82) is 0 Å². The molecular formula is C24H26N4O2S. The zero-order chi connectivity index (χ0) is 22.0. The van der Waals surface area contributed by atoms with Crippen LogP contribution in [0.15, 0.2) is 58.5 Å². The van der Waals surface area contributed by atoms with Crippen LogP contribution in [0.25, 0.3) is 16.7 Å². The van der Waals surface area contributed by atoms with Gasteiger partial charge < -0.3 is 0 Å². The molecule has 4 aromatic rings. The number of hydrogen-bond acceptors (Lipinski definition) is 5. The van der Waals surface area contributed by atoms with Gasteiger partial charge in [0.2, 0.25) is 5.78 Å². The number of aromatic nitrogens is 4. The highest BCUT2D eigenvalue weighted by atomic mass is 32.2. The molecule has 2 aromatic carbocycles. The Balaban J connectivity index is 1.65. The van der Waals surface area contributed by atoms with E-state index in [1.54, 1.807) is 4.57 Å². The maximum absolute atomic E-state index is 12.9. The number of para-hydroxylation sites is 1. The molecule has 0 saturated heterocycles. The molecule has 1 atom stereocenters. The van der Waals surface area contributed by atoms with E-state index in [1.165, 1.54) is 17.3 Å². The molecule has 0 bridgehead atoms. The van der Waals surface area contributed by atoms with Gasteiger partial charge in [-0.3, -0.25) is 18.6 Å². The average Bonchev–Trinajstić information content (AvgIpc) is 3.23. The summed E-state index contributed by atoms with van der Waals surface area (Å²) in [6.07, 6.45) is 1.88. The summed E-state index contributed by atoms with van der Waals surface area (Å²) in [7, 11) is 0. The zero-order valence-electron chi connectivity index (χ0n) is 18.0. The number of carbonyl (C=O) groups excluding carboxylic acids is 1. The lowest BCUT2D eigenvalue weighted by Crippen LogP contribution is -2.23. The molecule has 0 N–H and O–H groups in total. The fourth-order valence-corrected chi connectivity index (χ4v) is 4.53. The van der Waals surface area contributed by atoms with Crippen LogP contribution in [0.5, 0.6) is 0 Å². The molecule has 4 rings (SSSR count). The predicted octanol–water partition coefficient (Wildman–Crippen LogP) is 4.94. The first-order valence-corrected chi connectivity index (χ1v) is 11.7. The van der Waals surface area contributed by atoms with Gasteiger partial charge >= 0.3 is 0 Å². The second-order valence-corrected chi connectivity index (χ2v) is 8.68. The van der Waals surface area contributed by atoms with Gasteiger partial charge in [-0.25, -0.2) is 0 Å². The topological polar surface area (TPSA) is 69.3 Å². The third kappa shape index (κ3) is 4.02. The average molecular weight is 435 g/mol. The number of hydrogen-bond donors (Lipinski definition) is 0. The minimum absolute atomic E-state index is 0.0450. The summed E-state index contributed by atoms with van der Waals surface area (Å²) in [5.41, 5.74) is 2.63. The highest BCUT2D eigenvalue weighted by Gasteiger charge is 2.17. The van der Waals surface area contributed by atoms with Gasteiger partial charge in [-0.15, -0.1) is 10.2 Å². The minimum Gasteiger partial charge on any atom is -0.293 e. The molecule has 31 heavy (non-hydrogen) atoms. The van der Waals surface area contributed by atoms with Crippen molar-refractivity contribution < 1.29 is 4.79 Å². The number of ketones is 1. The molecule has 0 aliphatic rings. The van der Waals surface area contributed by atoms with Gasteiger partial charge in [-0.2, -0.15) is 0 Å². The summed E-state index contributed by atoms with van der Waals surface area (Å²) in [6.45, 7) is 6.94. The van der Waals surface area contributed by atoms with Gasteiger partial charge in [0.15, 0.2) is 10.9 Å². The molecule has 0 saturated carbocycles. The number of rotatable bonds is 8. The van der Waals surface area contributed by atoms with Crippen LogP contribution < -0.4 is 5.56 Å². The fourth-order valence-electron chi connectivity index (χ4n) is 3.70. The number of nitrogens with zero attached hydrogens (tertiary/aromatic N) is 4. The van der Waals surface area contributed by atoms with E-state index in [0.717, 1.165) is 18.4 Å². The highest BCUT2D eigenvalue weighted by molar-refractivity contribution is 7.99. The first kappa shape index (κ1) is 21.3. The summed E-state index contributed by atoms with van der Waals surface area (Å²) in [5, 5.41) is 9.82. The van der Waals surface area contributed by atoms with Crippen molar-refractivity contribution in [3.63, 3.8) is 0 Å². The van der Waals surface area contributed by atoms with Crippen molar-refractivity contribution in [2.24, 2.45) is 0 Å². The lowest BCUT2D eigenvalue weighted by atomic mass is 9.97. The number of fused-ring (bicyclic) bond motifs is 3. The molecule has 0 aliphatic heterocycles. The van der Waals surface area contributed by atoms with Gasteiger partial charge in [0.1, 0.15) is 0 Å². The molecule has 0 spiro atoms. The van der Waals surface area contributed by atoms with E-state index in [4.69, 9.17) is 0 Å². The van der Waals surface area contributed by atoms with E-state index in [2.05, 4.69) is 24.0 Å². The monoisotopic (exact) mass is 434 g/mol. The molecule has 0 radical (unpaired) electrons. The Hall–Kier alpha value is -2.93. The number of carbonyl (C=O) groups is 1. The highest BCUT2D eigenvalue weighted by Crippen LogP contribution is 2.23. The summed E-state index contributed by atoms with van der Waals surface area (Å²) < 4.78 is 3.55. The third-order valence-electron chi connectivity index (χ3n) is 5.67. The van der Waals surface area contributed by atoms with Crippen LogP contribution in [0, 0.1) is 0 Å². The number of aryl methyl sites for hydroxylation is 1. The predicted molar refractivity (Wildman–Crippen MR) is 125 cm³/mol. The fraction of sp³-hybridized carbons (Fsp3) is 0.333. The number of benzene rings is 2. The standard InChI is InChI=1S/C24H26N4O2S/c1-4-14-27-22(30)19-8-6-7-9-20(19)28-23(27)25-26-24(28)31-15-21(29)18-12-10-17(11-13-18)16(3)5-2/h6-13,16H,4-5,14-15H2,1-3H3. The number of thioether (sulfide) groups is 1. The lowest BCUT2D eigenvalue weighted by Gasteiger charge is -2.10. The zero-order valence-corrected chi connectivity index (χ0v) is 18.9. The van der Waals surface area contributed by atoms with Crippen molar-refractivity contribution in [2.75, 3.05) is 5.75 Å². The van der Waals surface area contributed by atoms with Crippen LogP contribution in [-0.4, -0.2) is 30.7 Å². The van der Waals surface area contributed by atoms with Crippen LogP contribution in [0.1, 0.15) is 55.5 Å². The molecule has 2 heterocycles. The Morgan fingerprint density at radius 2 is 1.81 bits per heavy atom. The molecule has 1 unspecified atom stereocenters. The van der Waals surface area contributed by atoms with Crippen molar-refractivity contribution in [3.8, 4) is 0 Å². The summed E-state index contributed by atoms with van der Waals surface area (Å²) in [4.78, 5) is 25.7. The lowest BCUT2D eigenvalue weighted by molar-refractivity contribution is 0.102. The van der Waals surface area contributed by atoms with Crippen LogP contribution in [0.3, 0.4) is 0 Å². The SMILES string of the molecule is CCCn1c(=O)c2ccccc2n2c(SCC(=O)c3ccc(C(C)CC)cc3)nnc12. The van der Waals surface area contributed by atoms with Crippen molar-refractivity contribution in [2.45, 2.75) is 51.2 Å². The molecule has 2 aromatic heterocycles. The van der Waals surface area contributed by atoms with Crippen LogP contribution >= 0.6 is 11.8 Å². The molecule has 7 heteroatoms. The van der Waals surface area contributed by atoms with Crippen molar-refractivity contribution in [1.82, 2.24) is 19.2 Å². The van der Waals surface area contributed by atoms with Crippen LogP contribution in [0.4, 0.5) is 0 Å². The van der Waals surface area contributed by atoms with Crippen LogP contribution in [-0.2, 0) is 6.54 Å². The van der Waals surface area contributed by atoms with E-state index < -0.39 is 0 Å². The minimum atomic E-state index is -0.0635. The van der Waals surface area contributed by atoms with E-state index in [-0.39, 0.29) is 17.1 Å². The largest absolute Gasteiger partial charge is 0.293 e. The third-order valence-corrected chi connectivity index (χ3v) is 6.60. The van der Waals surface area contributed by atoms with Gasteiger partial charge in [0.05, 0.1) is 16.7 Å². The van der Waals surface area contributed by atoms with Gasteiger partial charge in [-0.05, 0) is 36.5 Å². The van der Waals surface area contributed by atoms with Crippen molar-refractivity contribution >= 4 is 34.2 Å². The van der Waals surface area contributed by atoms with E-state index in [0.29, 0.717) is 34.3 Å². The maximum atomic E-state index is 12.9. The maximum Gasteiger partial charge on any atom is 0.262 e. The Labute approximate surface area is 185 Å². The quantitative estimate of drug-likeness (QED) is 0.290. The summed E-state index contributed by atoms with van der Waals surface area (Å²) in [5.74, 6) is 1.29. The molecule has 6 nitrogen and oxygen atoms in total. The molecular weight excluding hydrogens is 408 g/mol. The Kier molecular flexibility index (Phi) is 6.23. The van der Waals surface area contributed by atoms with Crippen molar-refractivity contribution in [3.05, 3.63) is 70.0 Å². The van der Waals surface area contributed by atoms with E-state index in [9.17, 15) is 9.59 Å². The first-order valence-electron chi connectivity index (χ1n) is 10.7. The molecule has 0 amide bonds. The summed E-state index contributed by atoms with van der Waals surface area (Å²) >= 11 is 1.35. The molecule has 0 aliphatic carbocycles. The van der Waals surface area contributed by atoms with Gasteiger partial charge in [0, 0.05) is 12.1 Å². The summed E-state index contributed by atoms with van der Waals surface area (Å²) in [6, 6.07) is 15.3. The van der Waals surface area contributed by atoms with Gasteiger partial charge in [-0.1, -0.05) is 68.9 Å². The Morgan fingerprint density at radius 1 is 1.06 bits per heavy atom. The second-order valence-electron chi connectivity index (χ2n) is 7.74. The van der Waals surface area contributed by atoms with Crippen LogP contribution in [0.2, 0.25) is 0 Å². The smallest absolute Gasteiger partial charge is 0.262 e. The Bertz CT molecular complexity index is 1290. The number of Topliss-reactive ketones (excluding diaryl/α,β-unsaturated/α-hetero) is 1. The van der Waals surface area contributed by atoms with Gasteiger partial charge in [0.25, 0.3) is 5.56 Å². The second kappa shape index (κ2) is 9.06. The normalized spacial score (nSPS) is 12.5. The molecule has 0 fully saturated rings. The van der Waals surface area contributed by atoms with E-state index >= 15 is 0 Å². The molecule has 160 valence electrons.